The second-order valence-corrected chi connectivity index (χ2v) is 6.44. The van der Waals surface area contributed by atoms with Crippen molar-refractivity contribution >= 4 is 5.91 Å². The fraction of sp³-hybridized carbons (Fsp3) is 0.923. The lowest BCUT2D eigenvalue weighted by Gasteiger charge is -2.45. The maximum Gasteiger partial charge on any atom is 0.223 e. The van der Waals surface area contributed by atoms with Crippen molar-refractivity contribution in [2.24, 2.45) is 11.1 Å². The van der Waals surface area contributed by atoms with Crippen LogP contribution in [-0.2, 0) is 4.79 Å². The number of carbonyl (C=O) groups excluding carboxylic acids is 1. The van der Waals surface area contributed by atoms with Crippen molar-refractivity contribution in [2.75, 3.05) is 13.1 Å². The molecule has 1 rings (SSSR count). The first-order valence-corrected chi connectivity index (χ1v) is 6.29. The van der Waals surface area contributed by atoms with Crippen molar-refractivity contribution in [3.63, 3.8) is 0 Å². The number of hydrogen-bond acceptors (Lipinski definition) is 2. The number of likely N-dealkylation sites (tertiary alicyclic amines) is 1. The summed E-state index contributed by atoms with van der Waals surface area (Å²) in [5.41, 5.74) is 5.78. The highest BCUT2D eigenvalue weighted by Gasteiger charge is 2.37. The molecule has 0 saturated carbocycles. The molecule has 0 spiro atoms. The Morgan fingerprint density at radius 1 is 1.38 bits per heavy atom. The van der Waals surface area contributed by atoms with E-state index in [1.54, 1.807) is 0 Å². The Bertz CT molecular complexity index is 257. The predicted molar refractivity (Wildman–Crippen MR) is 67.1 cm³/mol. The summed E-state index contributed by atoms with van der Waals surface area (Å²) < 4.78 is 0. The van der Waals surface area contributed by atoms with Crippen LogP contribution in [0.2, 0.25) is 0 Å². The second kappa shape index (κ2) is 4.74. The first-order valence-electron chi connectivity index (χ1n) is 6.29. The highest BCUT2D eigenvalue weighted by Crippen LogP contribution is 2.30. The van der Waals surface area contributed by atoms with E-state index in [2.05, 4.69) is 27.7 Å². The van der Waals surface area contributed by atoms with Gasteiger partial charge in [-0.3, -0.25) is 4.79 Å². The monoisotopic (exact) mass is 226 g/mol. The van der Waals surface area contributed by atoms with Crippen LogP contribution in [0, 0.1) is 5.41 Å². The van der Waals surface area contributed by atoms with Crippen LogP contribution >= 0.6 is 0 Å². The molecule has 1 unspecified atom stereocenters. The van der Waals surface area contributed by atoms with Crippen molar-refractivity contribution in [1.82, 2.24) is 4.90 Å². The quantitative estimate of drug-likeness (QED) is 0.784. The molecule has 0 aromatic heterocycles. The van der Waals surface area contributed by atoms with Crippen LogP contribution in [0.1, 0.15) is 53.4 Å². The highest BCUT2D eigenvalue weighted by molar-refractivity contribution is 5.77. The molecule has 1 heterocycles. The summed E-state index contributed by atoms with van der Waals surface area (Å²) in [5, 5.41) is 0. The Morgan fingerprint density at radius 2 is 2.00 bits per heavy atom. The number of amides is 1. The first-order chi connectivity index (χ1) is 7.28. The van der Waals surface area contributed by atoms with Gasteiger partial charge in [0.2, 0.25) is 5.91 Å². The van der Waals surface area contributed by atoms with Gasteiger partial charge in [0.15, 0.2) is 0 Å². The Morgan fingerprint density at radius 3 is 2.50 bits per heavy atom. The molecular formula is C13H26N2O. The zero-order valence-corrected chi connectivity index (χ0v) is 11.2. The largest absolute Gasteiger partial charge is 0.336 e. The van der Waals surface area contributed by atoms with E-state index < -0.39 is 0 Å². The zero-order valence-electron chi connectivity index (χ0n) is 11.2. The van der Waals surface area contributed by atoms with Crippen LogP contribution in [0.25, 0.3) is 0 Å². The molecule has 1 amide bonds. The lowest BCUT2D eigenvalue weighted by atomic mass is 9.85. The van der Waals surface area contributed by atoms with E-state index in [-0.39, 0.29) is 16.9 Å². The van der Waals surface area contributed by atoms with Gasteiger partial charge in [0.05, 0.1) is 5.54 Å². The third kappa shape index (κ3) is 3.21. The van der Waals surface area contributed by atoms with Crippen molar-refractivity contribution < 1.29 is 4.79 Å². The standard InChI is InChI=1S/C13H26N2O/c1-12(2,3)9-11(16)15-8-6-5-7-13(15,4)10-14/h5-10,14H2,1-4H3. The highest BCUT2D eigenvalue weighted by atomic mass is 16.2. The normalized spacial score (nSPS) is 26.9. The minimum atomic E-state index is -0.111. The van der Waals surface area contributed by atoms with Gasteiger partial charge in [-0.2, -0.15) is 0 Å². The van der Waals surface area contributed by atoms with E-state index in [0.717, 1.165) is 19.4 Å². The molecule has 1 atom stereocenters. The molecular weight excluding hydrogens is 200 g/mol. The summed E-state index contributed by atoms with van der Waals surface area (Å²) in [5.74, 6) is 0.264. The van der Waals surface area contributed by atoms with Crippen LogP contribution in [0.4, 0.5) is 0 Å². The molecule has 0 radical (unpaired) electrons. The number of nitrogens with zero attached hydrogens (tertiary/aromatic N) is 1. The van der Waals surface area contributed by atoms with Gasteiger partial charge in [-0.15, -0.1) is 0 Å². The molecule has 1 fully saturated rings. The molecule has 2 N–H and O–H groups in total. The van der Waals surface area contributed by atoms with Crippen LogP contribution in [0.15, 0.2) is 0 Å². The van der Waals surface area contributed by atoms with Gasteiger partial charge in [-0.1, -0.05) is 20.8 Å². The molecule has 16 heavy (non-hydrogen) atoms. The van der Waals surface area contributed by atoms with Gasteiger partial charge >= 0.3 is 0 Å². The van der Waals surface area contributed by atoms with Crippen molar-refractivity contribution in [1.29, 1.82) is 0 Å². The third-order valence-corrected chi connectivity index (χ3v) is 3.42. The average molecular weight is 226 g/mol. The molecule has 1 saturated heterocycles. The molecule has 1 aliphatic rings. The fourth-order valence-corrected chi connectivity index (χ4v) is 2.37. The summed E-state index contributed by atoms with van der Waals surface area (Å²) >= 11 is 0. The van der Waals surface area contributed by atoms with E-state index in [0.29, 0.717) is 13.0 Å². The summed E-state index contributed by atoms with van der Waals surface area (Å²) in [6.07, 6.45) is 3.96. The average Bonchev–Trinajstić information content (AvgIpc) is 2.15. The van der Waals surface area contributed by atoms with E-state index in [1.165, 1.54) is 6.42 Å². The molecule has 3 nitrogen and oxygen atoms in total. The van der Waals surface area contributed by atoms with Crippen LogP contribution < -0.4 is 5.73 Å². The lowest BCUT2D eigenvalue weighted by Crippen LogP contribution is -2.57. The predicted octanol–water partition coefficient (Wildman–Crippen LogP) is 2.15. The van der Waals surface area contributed by atoms with Gasteiger partial charge in [0.25, 0.3) is 0 Å². The van der Waals surface area contributed by atoms with Crippen LogP contribution in [0.5, 0.6) is 0 Å². The van der Waals surface area contributed by atoms with E-state index in [4.69, 9.17) is 5.73 Å². The fourth-order valence-electron chi connectivity index (χ4n) is 2.37. The van der Waals surface area contributed by atoms with Gasteiger partial charge in [-0.25, -0.2) is 0 Å². The topological polar surface area (TPSA) is 46.3 Å². The maximum atomic E-state index is 12.3. The van der Waals surface area contributed by atoms with E-state index in [9.17, 15) is 4.79 Å². The third-order valence-electron chi connectivity index (χ3n) is 3.42. The first kappa shape index (κ1) is 13.5. The molecule has 3 heteroatoms. The molecule has 0 aliphatic carbocycles. The number of carbonyl (C=O) groups is 1. The van der Waals surface area contributed by atoms with E-state index in [1.807, 2.05) is 4.90 Å². The smallest absolute Gasteiger partial charge is 0.223 e. The minimum absolute atomic E-state index is 0.0596. The molecule has 1 aliphatic heterocycles. The Kier molecular flexibility index (Phi) is 4.00. The number of nitrogens with two attached hydrogens (primary N) is 1. The lowest BCUT2D eigenvalue weighted by molar-refractivity contribution is -0.140. The van der Waals surface area contributed by atoms with Crippen molar-refractivity contribution in [3.8, 4) is 0 Å². The maximum absolute atomic E-state index is 12.3. The SMILES string of the molecule is CC(C)(C)CC(=O)N1CCCCC1(C)CN. The Balaban J connectivity index is 2.72. The number of piperidine rings is 1. The number of rotatable bonds is 2. The minimum Gasteiger partial charge on any atom is -0.336 e. The summed E-state index contributed by atoms with van der Waals surface area (Å²) in [6.45, 7) is 9.89. The Labute approximate surface area is 99.4 Å². The molecule has 0 aromatic carbocycles. The van der Waals surface area contributed by atoms with Crippen molar-refractivity contribution in [2.45, 2.75) is 58.9 Å². The van der Waals surface area contributed by atoms with Crippen LogP contribution in [-0.4, -0.2) is 29.4 Å². The molecule has 0 bridgehead atoms. The van der Waals surface area contributed by atoms with Gasteiger partial charge in [0.1, 0.15) is 0 Å². The molecule has 0 aromatic rings. The van der Waals surface area contributed by atoms with Gasteiger partial charge in [0, 0.05) is 19.5 Å². The van der Waals surface area contributed by atoms with Crippen molar-refractivity contribution in [3.05, 3.63) is 0 Å². The summed E-state index contributed by atoms with van der Waals surface area (Å²) in [7, 11) is 0. The summed E-state index contributed by atoms with van der Waals surface area (Å²) in [6, 6.07) is 0. The number of hydrogen-bond donors (Lipinski definition) is 1. The zero-order chi connectivity index (χ0) is 12.4. The summed E-state index contributed by atoms with van der Waals surface area (Å²) in [4.78, 5) is 14.3. The van der Waals surface area contributed by atoms with Crippen LogP contribution in [0.3, 0.4) is 0 Å². The molecule has 94 valence electrons. The van der Waals surface area contributed by atoms with Gasteiger partial charge < -0.3 is 10.6 Å². The second-order valence-electron chi connectivity index (χ2n) is 6.44. The Hall–Kier alpha value is -0.570. The van der Waals surface area contributed by atoms with Gasteiger partial charge in [-0.05, 0) is 31.6 Å². The van der Waals surface area contributed by atoms with E-state index >= 15 is 0 Å².